The number of benzene rings is 1. The highest BCUT2D eigenvalue weighted by Gasteiger charge is 2.15. The maximum atomic E-state index is 5.41. The summed E-state index contributed by atoms with van der Waals surface area (Å²) in [5, 5.41) is 5.35. The van der Waals surface area contributed by atoms with Gasteiger partial charge in [-0.2, -0.15) is 0 Å². The van der Waals surface area contributed by atoms with E-state index in [0.29, 0.717) is 23.1 Å². The van der Waals surface area contributed by atoms with Crippen molar-refractivity contribution in [3.63, 3.8) is 0 Å². The summed E-state index contributed by atoms with van der Waals surface area (Å²) < 4.78 is 18.2. The van der Waals surface area contributed by atoms with Crippen molar-refractivity contribution in [2.45, 2.75) is 0 Å². The van der Waals surface area contributed by atoms with Crippen molar-refractivity contribution < 1.29 is 14.2 Å². The van der Waals surface area contributed by atoms with Crippen LogP contribution in [0.2, 0.25) is 0 Å². The van der Waals surface area contributed by atoms with Crippen LogP contribution in [0.4, 0.5) is 11.5 Å². The predicted octanol–water partition coefficient (Wildman–Crippen LogP) is 4.23. The highest BCUT2D eigenvalue weighted by molar-refractivity contribution is 7.13. The van der Waals surface area contributed by atoms with Gasteiger partial charge < -0.3 is 19.5 Å². The molecule has 138 valence electrons. The third-order valence-corrected chi connectivity index (χ3v) is 5.02. The number of hydrogen-bond acceptors (Lipinski definition) is 7. The van der Waals surface area contributed by atoms with Crippen molar-refractivity contribution in [2.75, 3.05) is 26.6 Å². The Labute approximate surface area is 160 Å². The minimum Gasteiger partial charge on any atom is -0.493 e. The second kappa shape index (κ2) is 7.16. The first-order chi connectivity index (χ1) is 13.2. The Bertz CT molecular complexity index is 1050. The van der Waals surface area contributed by atoms with Crippen LogP contribution in [0.1, 0.15) is 0 Å². The van der Waals surface area contributed by atoms with E-state index in [0.717, 1.165) is 21.9 Å². The molecule has 0 spiro atoms. The molecule has 27 heavy (non-hydrogen) atoms. The van der Waals surface area contributed by atoms with Crippen LogP contribution in [-0.4, -0.2) is 35.7 Å². The Morgan fingerprint density at radius 3 is 2.44 bits per heavy atom. The minimum atomic E-state index is 0.539. The summed E-state index contributed by atoms with van der Waals surface area (Å²) >= 11 is 1.67. The molecule has 0 atom stereocenters. The van der Waals surface area contributed by atoms with E-state index in [9.17, 15) is 0 Å². The summed E-state index contributed by atoms with van der Waals surface area (Å²) in [6.07, 6.45) is 5.49. The van der Waals surface area contributed by atoms with E-state index in [1.807, 2.05) is 40.4 Å². The molecule has 0 radical (unpaired) electrons. The maximum Gasteiger partial charge on any atom is 0.203 e. The van der Waals surface area contributed by atoms with Gasteiger partial charge in [0.05, 0.1) is 38.1 Å². The van der Waals surface area contributed by atoms with Gasteiger partial charge in [0.2, 0.25) is 5.75 Å². The van der Waals surface area contributed by atoms with E-state index in [-0.39, 0.29) is 0 Å². The van der Waals surface area contributed by atoms with Gasteiger partial charge in [-0.1, -0.05) is 6.07 Å². The van der Waals surface area contributed by atoms with Crippen LogP contribution in [0, 0.1) is 0 Å². The molecule has 3 aromatic heterocycles. The second-order valence-corrected chi connectivity index (χ2v) is 6.58. The quantitative estimate of drug-likeness (QED) is 0.538. The Hall–Kier alpha value is -3.26. The number of hydrogen-bond donors (Lipinski definition) is 1. The number of nitrogens with one attached hydrogen (secondary N) is 1. The fourth-order valence-electron chi connectivity index (χ4n) is 2.90. The fourth-order valence-corrected chi connectivity index (χ4v) is 3.64. The van der Waals surface area contributed by atoms with E-state index >= 15 is 0 Å². The molecule has 0 saturated heterocycles. The summed E-state index contributed by atoms with van der Waals surface area (Å²) in [5.41, 5.74) is 2.51. The van der Waals surface area contributed by atoms with Crippen LogP contribution in [0.15, 0.2) is 48.2 Å². The van der Waals surface area contributed by atoms with Crippen molar-refractivity contribution in [3.05, 3.63) is 48.2 Å². The molecule has 0 aliphatic heterocycles. The van der Waals surface area contributed by atoms with Crippen molar-refractivity contribution in [1.82, 2.24) is 14.4 Å². The molecule has 1 N–H and O–H groups in total. The maximum absolute atomic E-state index is 5.41. The Morgan fingerprint density at radius 1 is 1.04 bits per heavy atom. The number of aromatic nitrogens is 3. The lowest BCUT2D eigenvalue weighted by Crippen LogP contribution is -2.01. The highest BCUT2D eigenvalue weighted by atomic mass is 32.1. The number of fused-ring (bicyclic) bond motifs is 1. The molecule has 0 saturated carbocycles. The first kappa shape index (κ1) is 17.2. The van der Waals surface area contributed by atoms with Gasteiger partial charge in [-0.25, -0.2) is 9.97 Å². The molecule has 0 aliphatic carbocycles. The van der Waals surface area contributed by atoms with Crippen molar-refractivity contribution in [1.29, 1.82) is 0 Å². The topological polar surface area (TPSA) is 69.9 Å². The Morgan fingerprint density at radius 2 is 1.81 bits per heavy atom. The van der Waals surface area contributed by atoms with E-state index in [2.05, 4.69) is 21.4 Å². The average Bonchev–Trinajstić information content (AvgIpc) is 3.37. The summed E-state index contributed by atoms with van der Waals surface area (Å²) in [6, 6.07) is 7.75. The molecule has 3 heterocycles. The standard InChI is InChI=1S/C19H18N4O3S/c1-24-14-9-12(10-15(25-2)17(14)26-3)22-18-19-21-11-13(16-5-4-8-27-16)23(19)7-6-20-18/h4-11H,1-3H3,(H,20,22). The van der Waals surface area contributed by atoms with Gasteiger partial charge >= 0.3 is 0 Å². The number of nitrogens with zero attached hydrogens (tertiary/aromatic N) is 3. The molecular weight excluding hydrogens is 364 g/mol. The Kier molecular flexibility index (Phi) is 4.55. The summed E-state index contributed by atoms with van der Waals surface area (Å²) in [5.74, 6) is 2.30. The van der Waals surface area contributed by atoms with Crippen LogP contribution in [0.25, 0.3) is 16.2 Å². The number of anilines is 2. The zero-order valence-electron chi connectivity index (χ0n) is 15.1. The normalized spacial score (nSPS) is 10.8. The van der Waals surface area contributed by atoms with Crippen LogP contribution in [0.5, 0.6) is 17.2 Å². The van der Waals surface area contributed by atoms with Gasteiger partial charge in [-0.3, -0.25) is 4.40 Å². The van der Waals surface area contributed by atoms with Gasteiger partial charge in [0.15, 0.2) is 23.0 Å². The number of thiophene rings is 1. The lowest BCUT2D eigenvalue weighted by Gasteiger charge is -2.15. The molecule has 7 nitrogen and oxygen atoms in total. The number of methoxy groups -OCH3 is 3. The lowest BCUT2D eigenvalue weighted by molar-refractivity contribution is 0.324. The lowest BCUT2D eigenvalue weighted by atomic mass is 10.2. The molecule has 0 amide bonds. The number of ether oxygens (including phenoxy) is 3. The van der Waals surface area contributed by atoms with Gasteiger partial charge in [-0.15, -0.1) is 11.3 Å². The average molecular weight is 382 g/mol. The van der Waals surface area contributed by atoms with E-state index in [4.69, 9.17) is 14.2 Å². The molecule has 0 fully saturated rings. The summed E-state index contributed by atoms with van der Waals surface area (Å²) in [4.78, 5) is 10.1. The number of rotatable bonds is 6. The fraction of sp³-hybridized carbons (Fsp3) is 0.158. The molecule has 4 aromatic rings. The first-order valence-corrected chi connectivity index (χ1v) is 9.06. The van der Waals surface area contributed by atoms with Crippen LogP contribution in [-0.2, 0) is 0 Å². The predicted molar refractivity (Wildman–Crippen MR) is 106 cm³/mol. The summed E-state index contributed by atoms with van der Waals surface area (Å²) in [6.45, 7) is 0. The van der Waals surface area contributed by atoms with Gasteiger partial charge in [0.1, 0.15) is 0 Å². The molecule has 0 bridgehead atoms. The van der Waals surface area contributed by atoms with Crippen LogP contribution >= 0.6 is 11.3 Å². The summed E-state index contributed by atoms with van der Waals surface area (Å²) in [7, 11) is 4.75. The zero-order valence-corrected chi connectivity index (χ0v) is 15.9. The van der Waals surface area contributed by atoms with Gasteiger partial charge in [0, 0.05) is 30.2 Å². The Balaban J connectivity index is 1.76. The minimum absolute atomic E-state index is 0.539. The molecule has 1 aromatic carbocycles. The van der Waals surface area contributed by atoms with Crippen molar-refractivity contribution in [2.24, 2.45) is 0 Å². The van der Waals surface area contributed by atoms with Gasteiger partial charge in [-0.05, 0) is 11.4 Å². The third kappa shape index (κ3) is 3.04. The van der Waals surface area contributed by atoms with Crippen LogP contribution < -0.4 is 19.5 Å². The molecular formula is C19H18N4O3S. The molecule has 4 rings (SSSR count). The van der Waals surface area contributed by atoms with E-state index < -0.39 is 0 Å². The third-order valence-electron chi connectivity index (χ3n) is 4.13. The largest absolute Gasteiger partial charge is 0.493 e. The van der Waals surface area contributed by atoms with E-state index in [1.165, 1.54) is 0 Å². The monoisotopic (exact) mass is 382 g/mol. The molecule has 0 aliphatic rings. The van der Waals surface area contributed by atoms with Crippen molar-refractivity contribution in [3.8, 4) is 27.8 Å². The first-order valence-electron chi connectivity index (χ1n) is 8.18. The van der Waals surface area contributed by atoms with Crippen molar-refractivity contribution >= 4 is 28.5 Å². The van der Waals surface area contributed by atoms with E-state index in [1.54, 1.807) is 38.9 Å². The number of imidazole rings is 1. The SMILES string of the molecule is COc1cc(Nc2nccn3c(-c4cccs4)cnc23)cc(OC)c1OC. The second-order valence-electron chi connectivity index (χ2n) is 5.63. The molecule has 0 unspecified atom stereocenters. The zero-order chi connectivity index (χ0) is 18.8. The van der Waals surface area contributed by atoms with Gasteiger partial charge in [0.25, 0.3) is 0 Å². The highest BCUT2D eigenvalue weighted by Crippen LogP contribution is 2.40. The smallest absolute Gasteiger partial charge is 0.203 e. The van der Waals surface area contributed by atoms with Crippen LogP contribution in [0.3, 0.4) is 0 Å². The molecule has 8 heteroatoms.